The molecule has 156 valence electrons. The Kier molecular flexibility index (Phi) is 5.00. The van der Waals surface area contributed by atoms with Crippen molar-refractivity contribution in [2.75, 3.05) is 23.9 Å². The topological polar surface area (TPSA) is 59.4 Å². The summed E-state index contributed by atoms with van der Waals surface area (Å²) in [6.45, 7) is 2.37. The number of aromatic nitrogens is 2. The van der Waals surface area contributed by atoms with Gasteiger partial charge in [-0.3, -0.25) is 4.79 Å². The molecule has 31 heavy (non-hydrogen) atoms. The number of benzene rings is 3. The molecule has 0 radical (unpaired) electrons. The van der Waals surface area contributed by atoms with Crippen LogP contribution in [0.4, 0.5) is 11.4 Å². The van der Waals surface area contributed by atoms with Gasteiger partial charge < -0.3 is 19.5 Å². The van der Waals surface area contributed by atoms with Crippen molar-refractivity contribution in [3.63, 3.8) is 0 Å². The monoisotopic (exact) mass is 432 g/mol. The van der Waals surface area contributed by atoms with Crippen LogP contribution in [0.5, 0.6) is 5.75 Å². The van der Waals surface area contributed by atoms with Crippen molar-refractivity contribution in [2.45, 2.75) is 13.1 Å². The van der Waals surface area contributed by atoms with Gasteiger partial charge in [-0.1, -0.05) is 29.8 Å². The zero-order valence-electron chi connectivity index (χ0n) is 17.0. The van der Waals surface area contributed by atoms with Crippen molar-refractivity contribution in [1.82, 2.24) is 9.55 Å². The SMILES string of the molecule is COc1cc(N2CCn3c(nc4cc(Cl)ccc43)C2)ccc1NC(=O)c1ccccc1. The molecule has 5 rings (SSSR count). The summed E-state index contributed by atoms with van der Waals surface area (Å²) < 4.78 is 7.81. The lowest BCUT2D eigenvalue weighted by Crippen LogP contribution is -2.33. The summed E-state index contributed by atoms with van der Waals surface area (Å²) in [7, 11) is 1.61. The Bertz CT molecular complexity index is 1270. The van der Waals surface area contributed by atoms with E-state index in [9.17, 15) is 4.79 Å². The molecule has 1 aliphatic heterocycles. The molecule has 0 atom stereocenters. The summed E-state index contributed by atoms with van der Waals surface area (Å²) in [6, 6.07) is 20.8. The number of hydrogen-bond acceptors (Lipinski definition) is 4. The fraction of sp³-hybridized carbons (Fsp3) is 0.167. The predicted octanol–water partition coefficient (Wildman–Crippen LogP) is 4.97. The predicted molar refractivity (Wildman–Crippen MR) is 123 cm³/mol. The van der Waals surface area contributed by atoms with E-state index >= 15 is 0 Å². The minimum absolute atomic E-state index is 0.169. The summed E-state index contributed by atoms with van der Waals surface area (Å²) in [5, 5.41) is 3.63. The molecule has 0 bridgehead atoms. The molecule has 1 amide bonds. The highest BCUT2D eigenvalue weighted by Gasteiger charge is 2.21. The third-order valence-corrected chi connectivity index (χ3v) is 5.78. The molecule has 0 fully saturated rings. The molecule has 0 spiro atoms. The molecular formula is C24H21ClN4O2. The maximum absolute atomic E-state index is 12.5. The first-order chi connectivity index (χ1) is 15.1. The van der Waals surface area contributed by atoms with Gasteiger partial charge in [-0.05, 0) is 42.5 Å². The van der Waals surface area contributed by atoms with Gasteiger partial charge in [-0.15, -0.1) is 0 Å². The number of fused-ring (bicyclic) bond motifs is 3. The van der Waals surface area contributed by atoms with Gasteiger partial charge in [0.2, 0.25) is 0 Å². The normalized spacial score (nSPS) is 13.2. The van der Waals surface area contributed by atoms with E-state index in [1.54, 1.807) is 19.2 Å². The average molecular weight is 433 g/mol. The molecule has 0 saturated heterocycles. The number of amides is 1. The van der Waals surface area contributed by atoms with Crippen molar-refractivity contribution >= 4 is 39.9 Å². The van der Waals surface area contributed by atoms with Crippen molar-refractivity contribution in [1.29, 1.82) is 0 Å². The van der Waals surface area contributed by atoms with Crippen LogP contribution in [0.1, 0.15) is 16.2 Å². The third-order valence-electron chi connectivity index (χ3n) is 5.55. The molecule has 0 saturated carbocycles. The number of nitrogens with zero attached hydrogens (tertiary/aromatic N) is 3. The Labute approximate surface area is 185 Å². The summed E-state index contributed by atoms with van der Waals surface area (Å²) in [5.74, 6) is 1.45. The zero-order chi connectivity index (χ0) is 21.4. The maximum Gasteiger partial charge on any atom is 0.255 e. The minimum Gasteiger partial charge on any atom is -0.494 e. The molecule has 7 heteroatoms. The first kappa shape index (κ1) is 19.5. The van der Waals surface area contributed by atoms with Crippen molar-refractivity contribution in [3.8, 4) is 5.75 Å². The molecule has 2 heterocycles. The standard InChI is InChI=1S/C24H21ClN4O2/c1-31-22-14-18(8-9-19(22)27-24(30)16-5-3-2-4-6-16)28-11-12-29-21-10-7-17(25)13-20(21)26-23(29)15-28/h2-10,13-14H,11-12,15H2,1H3,(H,27,30). The lowest BCUT2D eigenvalue weighted by atomic mass is 10.2. The molecule has 6 nitrogen and oxygen atoms in total. The molecule has 1 aliphatic rings. The van der Waals surface area contributed by atoms with E-state index in [1.165, 1.54) is 0 Å². The number of hydrogen-bond donors (Lipinski definition) is 1. The van der Waals surface area contributed by atoms with Gasteiger partial charge in [0.15, 0.2) is 0 Å². The highest BCUT2D eigenvalue weighted by molar-refractivity contribution is 6.31. The molecule has 1 aromatic heterocycles. The highest BCUT2D eigenvalue weighted by Crippen LogP contribution is 2.32. The number of methoxy groups -OCH3 is 1. The quantitative estimate of drug-likeness (QED) is 0.494. The number of halogens is 1. The summed E-state index contributed by atoms with van der Waals surface area (Å²) in [6.07, 6.45) is 0. The van der Waals surface area contributed by atoms with Gasteiger partial charge in [0, 0.05) is 35.4 Å². The van der Waals surface area contributed by atoms with Crippen LogP contribution in [0, 0.1) is 0 Å². The fourth-order valence-corrected chi connectivity index (χ4v) is 4.14. The number of rotatable bonds is 4. The van der Waals surface area contributed by atoms with Crippen LogP contribution in [-0.2, 0) is 13.1 Å². The fourth-order valence-electron chi connectivity index (χ4n) is 3.98. The summed E-state index contributed by atoms with van der Waals surface area (Å²) >= 11 is 6.13. The van der Waals surface area contributed by atoms with Crippen LogP contribution < -0.4 is 15.0 Å². The van der Waals surface area contributed by atoms with Crippen LogP contribution in [0.3, 0.4) is 0 Å². The van der Waals surface area contributed by atoms with Crippen LogP contribution in [-0.4, -0.2) is 29.1 Å². The minimum atomic E-state index is -0.169. The summed E-state index contributed by atoms with van der Waals surface area (Å²) in [5.41, 5.74) is 4.28. The van der Waals surface area contributed by atoms with Gasteiger partial charge in [0.1, 0.15) is 11.6 Å². The highest BCUT2D eigenvalue weighted by atomic mass is 35.5. The van der Waals surface area contributed by atoms with Gasteiger partial charge in [0.05, 0.1) is 30.4 Å². The van der Waals surface area contributed by atoms with Crippen LogP contribution in [0.2, 0.25) is 5.02 Å². The Morgan fingerprint density at radius 1 is 1.06 bits per heavy atom. The largest absolute Gasteiger partial charge is 0.494 e. The van der Waals surface area contributed by atoms with E-state index in [4.69, 9.17) is 21.3 Å². The van der Waals surface area contributed by atoms with E-state index in [-0.39, 0.29) is 5.91 Å². The molecule has 4 aromatic rings. The van der Waals surface area contributed by atoms with Gasteiger partial charge in [-0.2, -0.15) is 0 Å². The Morgan fingerprint density at radius 3 is 2.71 bits per heavy atom. The van der Waals surface area contributed by atoms with Crippen LogP contribution >= 0.6 is 11.6 Å². The number of anilines is 2. The maximum atomic E-state index is 12.5. The Balaban J connectivity index is 1.39. The van der Waals surface area contributed by atoms with Crippen molar-refractivity contribution < 1.29 is 9.53 Å². The summed E-state index contributed by atoms with van der Waals surface area (Å²) in [4.78, 5) is 19.5. The lowest BCUT2D eigenvalue weighted by molar-refractivity contribution is 0.102. The van der Waals surface area contributed by atoms with Gasteiger partial charge >= 0.3 is 0 Å². The molecular weight excluding hydrogens is 412 g/mol. The lowest BCUT2D eigenvalue weighted by Gasteiger charge is -2.30. The Hall–Kier alpha value is -3.51. The number of carbonyl (C=O) groups excluding carboxylic acids is 1. The number of carbonyl (C=O) groups is 1. The van der Waals surface area contributed by atoms with E-state index in [0.29, 0.717) is 28.6 Å². The number of nitrogens with one attached hydrogen (secondary N) is 1. The van der Waals surface area contributed by atoms with Crippen molar-refractivity contribution in [3.05, 3.63) is 83.1 Å². The van der Waals surface area contributed by atoms with Crippen molar-refractivity contribution in [2.24, 2.45) is 0 Å². The van der Waals surface area contributed by atoms with E-state index in [2.05, 4.69) is 14.8 Å². The second-order valence-corrected chi connectivity index (χ2v) is 7.88. The molecule has 3 aromatic carbocycles. The molecule has 0 aliphatic carbocycles. The van der Waals surface area contributed by atoms with Gasteiger partial charge in [0.25, 0.3) is 5.91 Å². The smallest absolute Gasteiger partial charge is 0.255 e. The Morgan fingerprint density at radius 2 is 1.90 bits per heavy atom. The number of imidazole rings is 1. The van der Waals surface area contributed by atoms with Crippen LogP contribution in [0.15, 0.2) is 66.7 Å². The average Bonchev–Trinajstić information content (AvgIpc) is 3.16. The van der Waals surface area contributed by atoms with Crippen LogP contribution in [0.25, 0.3) is 11.0 Å². The first-order valence-electron chi connectivity index (χ1n) is 10.1. The zero-order valence-corrected chi connectivity index (χ0v) is 17.8. The first-order valence-corrected chi connectivity index (χ1v) is 10.4. The molecule has 0 unspecified atom stereocenters. The van der Waals surface area contributed by atoms with E-state index in [0.717, 1.165) is 35.6 Å². The number of ether oxygens (including phenoxy) is 1. The molecule has 1 N–H and O–H groups in total. The van der Waals surface area contributed by atoms with E-state index in [1.807, 2.05) is 54.6 Å². The van der Waals surface area contributed by atoms with E-state index < -0.39 is 0 Å². The third kappa shape index (κ3) is 3.70. The second-order valence-electron chi connectivity index (χ2n) is 7.44. The van der Waals surface area contributed by atoms with Gasteiger partial charge in [-0.25, -0.2) is 4.98 Å². The second kappa shape index (κ2) is 7.96.